The summed E-state index contributed by atoms with van der Waals surface area (Å²) in [7, 11) is 4.28. The third-order valence-corrected chi connectivity index (χ3v) is 4.25. The molecule has 0 amide bonds. The molecule has 3 rings (SSSR count). The average molecular weight is 304 g/mol. The molecule has 1 aliphatic rings. The number of likely N-dealkylation sites (tertiary alicyclic amines) is 1. The minimum Gasteiger partial charge on any atom is -0.459 e. The Labute approximate surface area is 131 Å². The van der Waals surface area contributed by atoms with Crippen LogP contribution in [0.3, 0.4) is 0 Å². The maximum atomic E-state index is 5.67. The van der Waals surface area contributed by atoms with E-state index in [2.05, 4.69) is 34.1 Å². The van der Waals surface area contributed by atoms with E-state index < -0.39 is 0 Å². The van der Waals surface area contributed by atoms with Gasteiger partial charge in [0, 0.05) is 0 Å². The molecule has 2 aromatic rings. The minimum atomic E-state index is 0.459. The lowest BCUT2D eigenvalue weighted by Crippen LogP contribution is -2.34. The van der Waals surface area contributed by atoms with E-state index in [9.17, 15) is 0 Å². The predicted molar refractivity (Wildman–Crippen MR) is 83.2 cm³/mol. The largest absolute Gasteiger partial charge is 0.459 e. The molecule has 0 aliphatic carbocycles. The molecular weight excluding hydrogens is 280 g/mol. The first-order valence-corrected chi connectivity index (χ1v) is 7.94. The van der Waals surface area contributed by atoms with E-state index in [-0.39, 0.29) is 0 Å². The lowest BCUT2D eigenvalue weighted by Gasteiger charge is -2.31. The Bertz CT molecular complexity index is 556. The highest BCUT2D eigenvalue weighted by atomic mass is 16.4. The highest BCUT2D eigenvalue weighted by Crippen LogP contribution is 2.23. The normalized spacial score (nSPS) is 17.4. The average Bonchev–Trinajstić information content (AvgIpc) is 3.17. The molecule has 0 unspecified atom stereocenters. The van der Waals surface area contributed by atoms with Crippen LogP contribution in [0.1, 0.15) is 25.2 Å². The monoisotopic (exact) mass is 304 g/mol. The van der Waals surface area contributed by atoms with E-state index in [0.29, 0.717) is 17.5 Å². The molecule has 0 saturated carbocycles. The Morgan fingerprint density at radius 2 is 2.09 bits per heavy atom. The summed E-state index contributed by atoms with van der Waals surface area (Å²) in [6.07, 6.45) is 5.42. The summed E-state index contributed by atoms with van der Waals surface area (Å²) in [4.78, 5) is 4.66. The van der Waals surface area contributed by atoms with Crippen LogP contribution in [-0.4, -0.2) is 53.7 Å². The van der Waals surface area contributed by atoms with Gasteiger partial charge in [0.1, 0.15) is 0 Å². The van der Waals surface area contributed by atoms with Crippen LogP contribution in [0.25, 0.3) is 11.7 Å². The third kappa shape index (κ3) is 3.96. The van der Waals surface area contributed by atoms with Gasteiger partial charge in [0.2, 0.25) is 5.89 Å². The third-order valence-electron chi connectivity index (χ3n) is 4.25. The standard InChI is InChI=1S/C16H24N4O2/c1-19(2)8-5-13-6-9-20(10-7-13)12-15-17-18-16(22-15)14-4-3-11-21-14/h3-4,11,13H,5-10,12H2,1-2H3. The van der Waals surface area contributed by atoms with E-state index in [4.69, 9.17) is 8.83 Å². The Morgan fingerprint density at radius 3 is 2.77 bits per heavy atom. The summed E-state index contributed by atoms with van der Waals surface area (Å²) in [5.74, 6) is 2.60. The molecule has 22 heavy (non-hydrogen) atoms. The van der Waals surface area contributed by atoms with Crippen LogP contribution in [0.5, 0.6) is 0 Å². The molecule has 1 aliphatic heterocycles. The van der Waals surface area contributed by atoms with Gasteiger partial charge in [-0.15, -0.1) is 10.2 Å². The van der Waals surface area contributed by atoms with Gasteiger partial charge in [-0.25, -0.2) is 0 Å². The molecule has 0 aromatic carbocycles. The smallest absolute Gasteiger partial charge is 0.283 e. The number of hydrogen-bond acceptors (Lipinski definition) is 6. The van der Waals surface area contributed by atoms with Crippen molar-refractivity contribution in [1.82, 2.24) is 20.0 Å². The number of furan rings is 1. The van der Waals surface area contributed by atoms with Crippen molar-refractivity contribution in [1.29, 1.82) is 0 Å². The molecule has 0 N–H and O–H groups in total. The number of nitrogens with zero attached hydrogens (tertiary/aromatic N) is 4. The second-order valence-electron chi connectivity index (χ2n) is 6.29. The fourth-order valence-electron chi connectivity index (χ4n) is 2.88. The van der Waals surface area contributed by atoms with Crippen LogP contribution in [0.15, 0.2) is 27.2 Å². The van der Waals surface area contributed by atoms with Crippen molar-refractivity contribution in [2.45, 2.75) is 25.8 Å². The topological polar surface area (TPSA) is 58.5 Å². The fourth-order valence-corrected chi connectivity index (χ4v) is 2.88. The van der Waals surface area contributed by atoms with Crippen molar-refractivity contribution in [3.63, 3.8) is 0 Å². The van der Waals surface area contributed by atoms with Crippen molar-refractivity contribution in [2.24, 2.45) is 5.92 Å². The molecule has 6 nitrogen and oxygen atoms in total. The zero-order valence-corrected chi connectivity index (χ0v) is 13.4. The van der Waals surface area contributed by atoms with Gasteiger partial charge in [-0.05, 0) is 71.0 Å². The van der Waals surface area contributed by atoms with Gasteiger partial charge in [-0.2, -0.15) is 0 Å². The molecule has 0 spiro atoms. The number of rotatable bonds is 6. The highest BCUT2D eigenvalue weighted by Gasteiger charge is 2.21. The molecule has 6 heteroatoms. The first kappa shape index (κ1) is 15.2. The van der Waals surface area contributed by atoms with Gasteiger partial charge in [0.05, 0.1) is 12.8 Å². The SMILES string of the molecule is CN(C)CCC1CCN(Cc2nnc(-c3ccco3)o2)CC1. The van der Waals surface area contributed by atoms with E-state index in [1.807, 2.05) is 12.1 Å². The second-order valence-corrected chi connectivity index (χ2v) is 6.29. The van der Waals surface area contributed by atoms with Gasteiger partial charge >= 0.3 is 0 Å². The molecule has 1 saturated heterocycles. The van der Waals surface area contributed by atoms with Gasteiger partial charge < -0.3 is 13.7 Å². The number of aromatic nitrogens is 2. The Hall–Kier alpha value is -1.66. The molecule has 120 valence electrons. The Morgan fingerprint density at radius 1 is 1.27 bits per heavy atom. The van der Waals surface area contributed by atoms with E-state index in [0.717, 1.165) is 25.6 Å². The molecule has 0 bridgehead atoms. The molecule has 3 heterocycles. The number of hydrogen-bond donors (Lipinski definition) is 0. The zero-order chi connectivity index (χ0) is 15.4. The molecule has 0 radical (unpaired) electrons. The summed E-state index contributed by atoms with van der Waals surface area (Å²) < 4.78 is 10.9. The summed E-state index contributed by atoms with van der Waals surface area (Å²) in [5.41, 5.74) is 0. The van der Waals surface area contributed by atoms with Crippen molar-refractivity contribution in [2.75, 3.05) is 33.7 Å². The Balaban J connectivity index is 1.47. The van der Waals surface area contributed by atoms with Crippen LogP contribution in [0.4, 0.5) is 0 Å². The molecule has 2 aromatic heterocycles. The number of piperidine rings is 1. The van der Waals surface area contributed by atoms with Crippen LogP contribution in [0.2, 0.25) is 0 Å². The minimum absolute atomic E-state index is 0.459. The Kier molecular flexibility index (Phi) is 4.90. The highest BCUT2D eigenvalue weighted by molar-refractivity contribution is 5.42. The van der Waals surface area contributed by atoms with E-state index in [1.165, 1.54) is 25.8 Å². The van der Waals surface area contributed by atoms with Crippen LogP contribution < -0.4 is 0 Å². The van der Waals surface area contributed by atoms with Gasteiger partial charge in [0.25, 0.3) is 5.89 Å². The van der Waals surface area contributed by atoms with Crippen LogP contribution in [0, 0.1) is 5.92 Å². The maximum absolute atomic E-state index is 5.67. The lowest BCUT2D eigenvalue weighted by atomic mass is 9.93. The predicted octanol–water partition coefficient (Wildman–Crippen LogP) is 2.49. The summed E-state index contributed by atoms with van der Waals surface area (Å²) in [6, 6.07) is 3.64. The van der Waals surface area contributed by atoms with E-state index >= 15 is 0 Å². The molecule has 0 atom stereocenters. The summed E-state index contributed by atoms with van der Waals surface area (Å²) in [6.45, 7) is 4.13. The van der Waals surface area contributed by atoms with Crippen molar-refractivity contribution in [3.05, 3.63) is 24.3 Å². The zero-order valence-electron chi connectivity index (χ0n) is 13.4. The van der Waals surface area contributed by atoms with Crippen LogP contribution in [-0.2, 0) is 6.54 Å². The van der Waals surface area contributed by atoms with E-state index in [1.54, 1.807) is 6.26 Å². The van der Waals surface area contributed by atoms with Crippen molar-refractivity contribution < 1.29 is 8.83 Å². The van der Waals surface area contributed by atoms with Gasteiger partial charge in [-0.3, -0.25) is 4.90 Å². The fraction of sp³-hybridized carbons (Fsp3) is 0.625. The lowest BCUT2D eigenvalue weighted by molar-refractivity contribution is 0.154. The van der Waals surface area contributed by atoms with Crippen LogP contribution >= 0.6 is 0 Å². The molecular formula is C16H24N4O2. The first-order chi connectivity index (χ1) is 10.7. The quantitative estimate of drug-likeness (QED) is 0.817. The molecule has 1 fully saturated rings. The van der Waals surface area contributed by atoms with Crippen molar-refractivity contribution >= 4 is 0 Å². The van der Waals surface area contributed by atoms with Gasteiger partial charge in [0.15, 0.2) is 5.76 Å². The maximum Gasteiger partial charge on any atom is 0.283 e. The summed E-state index contributed by atoms with van der Waals surface area (Å²) in [5, 5.41) is 8.17. The second kappa shape index (κ2) is 7.07. The van der Waals surface area contributed by atoms with Gasteiger partial charge in [-0.1, -0.05) is 0 Å². The summed E-state index contributed by atoms with van der Waals surface area (Å²) >= 11 is 0. The first-order valence-electron chi connectivity index (χ1n) is 7.94. The van der Waals surface area contributed by atoms with Crippen molar-refractivity contribution in [3.8, 4) is 11.7 Å².